The highest BCUT2D eigenvalue weighted by Gasteiger charge is 2.45. The van der Waals surface area contributed by atoms with Crippen LogP contribution in [-0.4, -0.2) is 43.6 Å². The van der Waals surface area contributed by atoms with Crippen molar-refractivity contribution in [1.29, 1.82) is 0 Å². The van der Waals surface area contributed by atoms with Gasteiger partial charge in [-0.05, 0) is 51.2 Å². The van der Waals surface area contributed by atoms with Crippen LogP contribution in [0.15, 0.2) is 48.8 Å². The Labute approximate surface area is 177 Å². The molecular formula is C24H27N5O. The van der Waals surface area contributed by atoms with Gasteiger partial charge in [-0.3, -0.25) is 9.48 Å². The van der Waals surface area contributed by atoms with Crippen LogP contribution in [0.25, 0.3) is 11.4 Å². The van der Waals surface area contributed by atoms with E-state index in [9.17, 15) is 4.79 Å². The number of benzene rings is 1. The van der Waals surface area contributed by atoms with E-state index < -0.39 is 0 Å². The van der Waals surface area contributed by atoms with Gasteiger partial charge in [0.2, 0.25) is 0 Å². The fourth-order valence-electron chi connectivity index (χ4n) is 5.03. The first kappa shape index (κ1) is 19.0. The number of hydrogen-bond acceptors (Lipinski definition) is 4. The summed E-state index contributed by atoms with van der Waals surface area (Å²) < 4.78 is 1.82. The van der Waals surface area contributed by atoms with Gasteiger partial charge in [-0.25, -0.2) is 9.97 Å². The fraction of sp³-hybridized carbons (Fsp3) is 0.417. The van der Waals surface area contributed by atoms with E-state index in [4.69, 9.17) is 4.98 Å². The minimum atomic E-state index is -0.0710. The minimum absolute atomic E-state index is 0.0710. The van der Waals surface area contributed by atoms with Crippen molar-refractivity contribution in [2.24, 2.45) is 0 Å². The molecule has 5 rings (SSSR count). The summed E-state index contributed by atoms with van der Waals surface area (Å²) in [6.45, 7) is 5.61. The molecule has 1 amide bonds. The number of amides is 1. The number of carbonyl (C=O) groups is 1. The molecule has 2 aromatic heterocycles. The Morgan fingerprint density at radius 2 is 1.97 bits per heavy atom. The van der Waals surface area contributed by atoms with Gasteiger partial charge in [0, 0.05) is 42.5 Å². The zero-order valence-electron chi connectivity index (χ0n) is 17.6. The number of piperidine rings is 1. The predicted octanol–water partition coefficient (Wildman–Crippen LogP) is 4.04. The summed E-state index contributed by atoms with van der Waals surface area (Å²) >= 11 is 0. The number of carbonyl (C=O) groups excluding carboxylic acids is 1. The lowest BCUT2D eigenvalue weighted by Crippen LogP contribution is -2.48. The second-order valence-corrected chi connectivity index (χ2v) is 8.80. The van der Waals surface area contributed by atoms with Gasteiger partial charge in [-0.2, -0.15) is 5.10 Å². The van der Waals surface area contributed by atoms with Gasteiger partial charge in [0.15, 0.2) is 5.82 Å². The smallest absolute Gasteiger partial charge is 0.272 e. The molecule has 1 spiro atoms. The first-order valence-corrected chi connectivity index (χ1v) is 10.8. The topological polar surface area (TPSA) is 63.9 Å². The number of aryl methyl sites for hydroxylation is 1. The van der Waals surface area contributed by atoms with E-state index in [1.807, 2.05) is 52.2 Å². The zero-order chi connectivity index (χ0) is 20.7. The number of fused-ring (bicyclic) bond motifs is 2. The van der Waals surface area contributed by atoms with E-state index >= 15 is 0 Å². The lowest BCUT2D eigenvalue weighted by Gasteiger charge is -2.40. The maximum absolute atomic E-state index is 13.4. The van der Waals surface area contributed by atoms with E-state index in [0.717, 1.165) is 49.3 Å². The molecule has 0 bridgehead atoms. The summed E-state index contributed by atoms with van der Waals surface area (Å²) in [6.07, 6.45) is 7.79. The molecule has 1 aliphatic carbocycles. The lowest BCUT2D eigenvalue weighted by molar-refractivity contribution is 0.0619. The van der Waals surface area contributed by atoms with Gasteiger partial charge in [-0.1, -0.05) is 30.3 Å². The normalized spacial score (nSPS) is 20.7. The number of nitrogens with zero attached hydrogens (tertiary/aromatic N) is 5. The summed E-state index contributed by atoms with van der Waals surface area (Å²) in [7, 11) is 0. The number of likely N-dealkylation sites (tertiary alicyclic amines) is 1. The van der Waals surface area contributed by atoms with Crippen LogP contribution in [0.3, 0.4) is 0 Å². The molecule has 0 saturated carbocycles. The summed E-state index contributed by atoms with van der Waals surface area (Å²) in [4.78, 5) is 25.0. The lowest BCUT2D eigenvalue weighted by atomic mass is 9.77. The maximum atomic E-state index is 13.4. The molecule has 154 valence electrons. The third kappa shape index (κ3) is 3.11. The highest BCUT2D eigenvalue weighted by Crippen LogP contribution is 2.44. The standard InChI is InChI=1S/C24H27N5O/c1-17(2)29-20(10-13-26-29)23(30)28-14-6-11-24(16-28)12-9-19-15-25-22(27-21(19)24)18-7-4-3-5-8-18/h3-5,7-8,10,13,15,17H,6,9,11-12,14,16H2,1-2H3. The number of hydrogen-bond donors (Lipinski definition) is 0. The van der Waals surface area contributed by atoms with Gasteiger partial charge < -0.3 is 4.90 Å². The Hall–Kier alpha value is -3.02. The highest BCUT2D eigenvalue weighted by molar-refractivity contribution is 5.92. The second-order valence-electron chi connectivity index (χ2n) is 8.80. The van der Waals surface area contributed by atoms with E-state index in [1.54, 1.807) is 6.20 Å². The van der Waals surface area contributed by atoms with Crippen LogP contribution in [0.4, 0.5) is 0 Å². The van der Waals surface area contributed by atoms with E-state index in [0.29, 0.717) is 12.2 Å². The Morgan fingerprint density at radius 3 is 2.77 bits per heavy atom. The van der Waals surface area contributed by atoms with Crippen LogP contribution in [-0.2, 0) is 11.8 Å². The van der Waals surface area contributed by atoms with Gasteiger partial charge in [0.25, 0.3) is 5.91 Å². The molecule has 1 fully saturated rings. The van der Waals surface area contributed by atoms with Crippen LogP contribution in [0.2, 0.25) is 0 Å². The van der Waals surface area contributed by atoms with Gasteiger partial charge in [0.1, 0.15) is 5.69 Å². The molecule has 6 heteroatoms. The average molecular weight is 402 g/mol. The molecule has 0 N–H and O–H groups in total. The molecule has 30 heavy (non-hydrogen) atoms. The third-order valence-electron chi connectivity index (χ3n) is 6.51. The quantitative estimate of drug-likeness (QED) is 0.664. The van der Waals surface area contributed by atoms with Crippen LogP contribution >= 0.6 is 0 Å². The van der Waals surface area contributed by atoms with E-state index in [-0.39, 0.29) is 17.4 Å². The molecule has 3 aromatic rings. The summed E-state index contributed by atoms with van der Waals surface area (Å²) in [5.41, 5.74) is 4.01. The Kier molecular flexibility index (Phi) is 4.65. The van der Waals surface area contributed by atoms with E-state index in [2.05, 4.69) is 23.9 Å². The zero-order valence-corrected chi connectivity index (χ0v) is 17.6. The summed E-state index contributed by atoms with van der Waals surface area (Å²) in [5, 5.41) is 4.35. The Morgan fingerprint density at radius 1 is 1.13 bits per heavy atom. The third-order valence-corrected chi connectivity index (χ3v) is 6.51. The molecule has 3 heterocycles. The van der Waals surface area contributed by atoms with Crippen molar-refractivity contribution in [3.63, 3.8) is 0 Å². The van der Waals surface area contributed by atoms with Crippen LogP contribution in [0, 0.1) is 0 Å². The molecule has 1 aromatic carbocycles. The van der Waals surface area contributed by atoms with Crippen molar-refractivity contribution in [1.82, 2.24) is 24.6 Å². The Bertz CT molecular complexity index is 1070. The monoisotopic (exact) mass is 401 g/mol. The number of aromatic nitrogens is 4. The first-order chi connectivity index (χ1) is 14.6. The molecule has 1 unspecified atom stereocenters. The van der Waals surface area contributed by atoms with Crippen molar-refractivity contribution < 1.29 is 4.79 Å². The van der Waals surface area contributed by atoms with Gasteiger partial charge >= 0.3 is 0 Å². The highest BCUT2D eigenvalue weighted by atomic mass is 16.2. The summed E-state index contributed by atoms with van der Waals surface area (Å²) in [5.74, 6) is 0.850. The molecule has 0 radical (unpaired) electrons. The maximum Gasteiger partial charge on any atom is 0.272 e. The van der Waals surface area contributed by atoms with E-state index in [1.165, 1.54) is 5.56 Å². The fourth-order valence-corrected chi connectivity index (χ4v) is 5.03. The molecule has 1 saturated heterocycles. The van der Waals surface area contributed by atoms with Crippen molar-refractivity contribution in [3.05, 3.63) is 65.7 Å². The van der Waals surface area contributed by atoms with Crippen molar-refractivity contribution in [3.8, 4) is 11.4 Å². The molecule has 2 aliphatic rings. The first-order valence-electron chi connectivity index (χ1n) is 10.8. The molecular weight excluding hydrogens is 374 g/mol. The van der Waals surface area contributed by atoms with Crippen LogP contribution in [0.5, 0.6) is 0 Å². The van der Waals surface area contributed by atoms with Gasteiger partial charge in [0.05, 0.1) is 5.69 Å². The average Bonchev–Trinajstić information content (AvgIpc) is 3.40. The second kappa shape index (κ2) is 7.35. The van der Waals surface area contributed by atoms with Crippen molar-refractivity contribution in [2.45, 2.75) is 51.0 Å². The summed E-state index contributed by atoms with van der Waals surface area (Å²) in [6, 6.07) is 12.1. The number of rotatable bonds is 3. The van der Waals surface area contributed by atoms with Gasteiger partial charge in [-0.15, -0.1) is 0 Å². The molecule has 6 nitrogen and oxygen atoms in total. The van der Waals surface area contributed by atoms with Crippen LogP contribution < -0.4 is 0 Å². The SMILES string of the molecule is CC(C)n1nccc1C(=O)N1CCCC2(CCc3cnc(-c4ccccc4)nc32)C1. The van der Waals surface area contributed by atoms with Crippen molar-refractivity contribution in [2.75, 3.05) is 13.1 Å². The molecule has 1 aliphatic heterocycles. The predicted molar refractivity (Wildman–Crippen MR) is 115 cm³/mol. The minimum Gasteiger partial charge on any atom is -0.336 e. The largest absolute Gasteiger partial charge is 0.336 e. The Balaban J connectivity index is 1.47. The molecule has 1 atom stereocenters. The van der Waals surface area contributed by atoms with Crippen molar-refractivity contribution >= 4 is 5.91 Å². The van der Waals surface area contributed by atoms with Crippen LogP contribution in [0.1, 0.15) is 60.9 Å².